The molecule has 1 unspecified atom stereocenters. The quantitative estimate of drug-likeness (QED) is 0.572. The number of rotatable bonds is 4. The van der Waals surface area contributed by atoms with Gasteiger partial charge >= 0.3 is 0 Å². The lowest BCUT2D eigenvalue weighted by Gasteiger charge is -2.17. The molecule has 0 amide bonds. The van der Waals surface area contributed by atoms with Gasteiger partial charge in [-0.25, -0.2) is 10.8 Å². The Labute approximate surface area is 114 Å². The zero-order valence-corrected chi connectivity index (χ0v) is 11.7. The summed E-state index contributed by atoms with van der Waals surface area (Å²) < 4.78 is 0.867. The van der Waals surface area contributed by atoms with Crippen molar-refractivity contribution < 1.29 is 0 Å². The summed E-state index contributed by atoms with van der Waals surface area (Å²) in [6.07, 6.45) is 5.60. The number of nitrogens with one attached hydrogen (secondary N) is 2. The van der Waals surface area contributed by atoms with Crippen molar-refractivity contribution in [1.29, 1.82) is 0 Å². The second-order valence-electron chi connectivity index (χ2n) is 4.89. The normalized spacial score (nSPS) is 24.2. The molecule has 18 heavy (non-hydrogen) atoms. The number of nitrogens with zero attached hydrogens (tertiary/aromatic N) is 3. The third-order valence-electron chi connectivity index (χ3n) is 3.50. The molecule has 2 fully saturated rings. The predicted molar refractivity (Wildman–Crippen MR) is 74.2 cm³/mol. The van der Waals surface area contributed by atoms with Gasteiger partial charge in [0.15, 0.2) is 0 Å². The van der Waals surface area contributed by atoms with Crippen LogP contribution in [0, 0.1) is 0 Å². The Hall–Kier alpha value is -0.920. The fourth-order valence-electron chi connectivity index (χ4n) is 2.41. The first kappa shape index (κ1) is 12.1. The molecule has 0 aromatic carbocycles. The zero-order chi connectivity index (χ0) is 12.5. The van der Waals surface area contributed by atoms with Crippen LogP contribution >= 0.6 is 15.9 Å². The molecular weight excluding hydrogens is 296 g/mol. The summed E-state index contributed by atoms with van der Waals surface area (Å²) in [7, 11) is 0. The number of nitrogens with two attached hydrogens (primary N) is 1. The summed E-state index contributed by atoms with van der Waals surface area (Å²) in [6.45, 7) is 2.29. The molecule has 0 spiro atoms. The van der Waals surface area contributed by atoms with Crippen LogP contribution in [-0.4, -0.2) is 40.0 Å². The van der Waals surface area contributed by atoms with Crippen molar-refractivity contribution in [3.05, 3.63) is 10.7 Å². The second kappa shape index (κ2) is 4.99. The van der Waals surface area contributed by atoms with Gasteiger partial charge in [-0.15, -0.1) is 0 Å². The third-order valence-corrected chi connectivity index (χ3v) is 4.08. The SMILES string of the molecule is NNc1ncc(Br)c(NC2CCN(C3CC3)C2)n1. The molecule has 1 saturated carbocycles. The minimum atomic E-state index is 0.428. The summed E-state index contributed by atoms with van der Waals surface area (Å²) in [5.41, 5.74) is 2.46. The highest BCUT2D eigenvalue weighted by atomic mass is 79.9. The molecule has 6 nitrogen and oxygen atoms in total. The number of anilines is 2. The molecule has 1 aromatic heterocycles. The van der Waals surface area contributed by atoms with E-state index < -0.39 is 0 Å². The first-order chi connectivity index (χ1) is 8.76. The van der Waals surface area contributed by atoms with Gasteiger partial charge in [-0.2, -0.15) is 4.98 Å². The lowest BCUT2D eigenvalue weighted by atomic mass is 10.2. The number of hydrogen-bond donors (Lipinski definition) is 3. The van der Waals surface area contributed by atoms with Crippen LogP contribution in [0.4, 0.5) is 11.8 Å². The minimum absolute atomic E-state index is 0.428. The fourth-order valence-corrected chi connectivity index (χ4v) is 2.71. The molecule has 1 aliphatic heterocycles. The highest BCUT2D eigenvalue weighted by Gasteiger charge is 2.34. The number of aromatic nitrogens is 2. The summed E-state index contributed by atoms with van der Waals surface area (Å²) in [4.78, 5) is 10.9. The van der Waals surface area contributed by atoms with Crippen molar-refractivity contribution in [2.45, 2.75) is 31.3 Å². The number of nitrogen functional groups attached to an aromatic ring is 1. The Kier molecular flexibility index (Phi) is 3.36. The van der Waals surface area contributed by atoms with Crippen LogP contribution in [0.25, 0.3) is 0 Å². The van der Waals surface area contributed by atoms with Crippen molar-refractivity contribution in [3.8, 4) is 0 Å². The van der Waals surface area contributed by atoms with Gasteiger partial charge in [0.1, 0.15) is 5.82 Å². The van der Waals surface area contributed by atoms with Crippen molar-refractivity contribution in [2.75, 3.05) is 23.8 Å². The fraction of sp³-hybridized carbons (Fsp3) is 0.636. The summed E-state index contributed by atoms with van der Waals surface area (Å²) in [6, 6.07) is 1.30. The Morgan fingerprint density at radius 1 is 1.39 bits per heavy atom. The van der Waals surface area contributed by atoms with Gasteiger partial charge < -0.3 is 5.32 Å². The van der Waals surface area contributed by atoms with Gasteiger partial charge in [0, 0.05) is 31.4 Å². The molecule has 4 N–H and O–H groups in total. The molecule has 98 valence electrons. The van der Waals surface area contributed by atoms with E-state index in [2.05, 4.69) is 41.5 Å². The van der Waals surface area contributed by atoms with Gasteiger partial charge in [0.05, 0.1) is 4.47 Å². The standard InChI is InChI=1S/C11H17BrN6/c12-9-5-14-11(17-13)16-10(9)15-7-3-4-18(6-7)8-1-2-8/h5,7-8H,1-4,6,13H2,(H2,14,15,16,17). The van der Waals surface area contributed by atoms with E-state index in [9.17, 15) is 0 Å². The molecule has 1 aromatic rings. The number of likely N-dealkylation sites (tertiary alicyclic amines) is 1. The lowest BCUT2D eigenvalue weighted by molar-refractivity contribution is 0.326. The predicted octanol–water partition coefficient (Wildman–Crippen LogP) is 1.17. The van der Waals surface area contributed by atoms with Gasteiger partial charge in [-0.3, -0.25) is 10.3 Å². The van der Waals surface area contributed by atoms with Crippen LogP contribution in [0.5, 0.6) is 0 Å². The summed E-state index contributed by atoms with van der Waals surface area (Å²) >= 11 is 3.45. The van der Waals surface area contributed by atoms with E-state index in [1.807, 2.05) is 0 Å². The minimum Gasteiger partial charge on any atom is -0.365 e. The molecule has 7 heteroatoms. The first-order valence-electron chi connectivity index (χ1n) is 6.26. The lowest BCUT2D eigenvalue weighted by Crippen LogP contribution is -2.28. The largest absolute Gasteiger partial charge is 0.365 e. The molecular formula is C11H17BrN6. The molecule has 2 aliphatic rings. The van der Waals surface area contributed by atoms with E-state index in [4.69, 9.17) is 5.84 Å². The van der Waals surface area contributed by atoms with Gasteiger partial charge in [-0.1, -0.05) is 0 Å². The topological polar surface area (TPSA) is 79.1 Å². The number of hydrazine groups is 1. The zero-order valence-electron chi connectivity index (χ0n) is 10.1. The average molecular weight is 313 g/mol. The van der Waals surface area contributed by atoms with E-state index in [-0.39, 0.29) is 0 Å². The van der Waals surface area contributed by atoms with Crippen LogP contribution in [-0.2, 0) is 0 Å². The van der Waals surface area contributed by atoms with E-state index >= 15 is 0 Å². The van der Waals surface area contributed by atoms with Gasteiger partial charge in [-0.05, 0) is 35.2 Å². The molecule has 1 saturated heterocycles. The van der Waals surface area contributed by atoms with Gasteiger partial charge in [0.25, 0.3) is 0 Å². The maximum atomic E-state index is 5.32. The Bertz CT molecular complexity index is 436. The molecule has 0 radical (unpaired) electrons. The highest BCUT2D eigenvalue weighted by Crippen LogP contribution is 2.31. The Balaban J connectivity index is 1.65. The van der Waals surface area contributed by atoms with Crippen LogP contribution in [0.3, 0.4) is 0 Å². The van der Waals surface area contributed by atoms with Crippen LogP contribution in [0.2, 0.25) is 0 Å². The van der Waals surface area contributed by atoms with Gasteiger partial charge in [0.2, 0.25) is 5.95 Å². The monoisotopic (exact) mass is 312 g/mol. The molecule has 0 bridgehead atoms. The maximum absolute atomic E-state index is 5.32. The first-order valence-corrected chi connectivity index (χ1v) is 7.05. The molecule has 1 atom stereocenters. The smallest absolute Gasteiger partial charge is 0.239 e. The molecule has 1 aliphatic carbocycles. The number of hydrogen-bond acceptors (Lipinski definition) is 6. The number of halogens is 1. The van der Waals surface area contributed by atoms with Crippen LogP contribution in [0.1, 0.15) is 19.3 Å². The second-order valence-corrected chi connectivity index (χ2v) is 5.74. The van der Waals surface area contributed by atoms with Crippen LogP contribution < -0.4 is 16.6 Å². The molecule has 3 rings (SSSR count). The summed E-state index contributed by atoms with van der Waals surface area (Å²) in [5.74, 6) is 6.56. The van der Waals surface area contributed by atoms with E-state index in [0.717, 1.165) is 22.9 Å². The highest BCUT2D eigenvalue weighted by molar-refractivity contribution is 9.10. The average Bonchev–Trinajstić information content (AvgIpc) is 3.13. The Morgan fingerprint density at radius 2 is 2.22 bits per heavy atom. The van der Waals surface area contributed by atoms with Crippen molar-refractivity contribution >= 4 is 27.7 Å². The van der Waals surface area contributed by atoms with Crippen molar-refractivity contribution in [1.82, 2.24) is 14.9 Å². The van der Waals surface area contributed by atoms with Crippen molar-refractivity contribution in [2.24, 2.45) is 5.84 Å². The van der Waals surface area contributed by atoms with E-state index in [0.29, 0.717) is 12.0 Å². The molecule has 2 heterocycles. The van der Waals surface area contributed by atoms with E-state index in [1.165, 1.54) is 25.8 Å². The van der Waals surface area contributed by atoms with Crippen molar-refractivity contribution in [3.63, 3.8) is 0 Å². The van der Waals surface area contributed by atoms with E-state index in [1.54, 1.807) is 6.20 Å². The maximum Gasteiger partial charge on any atom is 0.239 e. The summed E-state index contributed by atoms with van der Waals surface area (Å²) in [5, 5.41) is 3.46. The third kappa shape index (κ3) is 2.57. The van der Waals surface area contributed by atoms with Crippen LogP contribution in [0.15, 0.2) is 10.7 Å². The Morgan fingerprint density at radius 3 is 2.94 bits per heavy atom.